The maximum absolute atomic E-state index is 12.1. The number of thiophene rings is 1. The third-order valence-electron chi connectivity index (χ3n) is 3.40. The summed E-state index contributed by atoms with van der Waals surface area (Å²) in [4.78, 5) is 12.1. The number of hydrogen-bond acceptors (Lipinski definition) is 3. The van der Waals surface area contributed by atoms with Crippen LogP contribution in [0.25, 0.3) is 0 Å². The van der Waals surface area contributed by atoms with E-state index in [0.717, 1.165) is 36.2 Å². The summed E-state index contributed by atoms with van der Waals surface area (Å²) >= 11 is 1.56. The highest BCUT2D eigenvalue weighted by atomic mass is 35.5. The van der Waals surface area contributed by atoms with Gasteiger partial charge >= 0.3 is 0 Å². The smallest absolute Gasteiger partial charge is 0.256 e. The van der Waals surface area contributed by atoms with Gasteiger partial charge in [0.05, 0.1) is 5.56 Å². The Kier molecular flexibility index (Phi) is 4.68. The van der Waals surface area contributed by atoms with Crippen molar-refractivity contribution in [2.45, 2.75) is 19.8 Å². The number of nitrogens with one attached hydrogen (secondary N) is 2. The summed E-state index contributed by atoms with van der Waals surface area (Å²) in [6, 6.07) is 6.07. The van der Waals surface area contributed by atoms with Crippen molar-refractivity contribution in [3.05, 3.63) is 45.6 Å². The number of benzene rings is 1. The van der Waals surface area contributed by atoms with E-state index in [1.807, 2.05) is 29.8 Å². The Bertz CT molecular complexity index is 624. The van der Waals surface area contributed by atoms with Crippen molar-refractivity contribution < 1.29 is 4.79 Å². The van der Waals surface area contributed by atoms with Crippen molar-refractivity contribution in [3.63, 3.8) is 0 Å². The summed E-state index contributed by atoms with van der Waals surface area (Å²) in [5.74, 6) is -0.0255. The molecule has 0 aliphatic carbocycles. The highest BCUT2D eigenvalue weighted by molar-refractivity contribution is 7.08. The molecule has 0 unspecified atom stereocenters. The second-order valence-corrected chi connectivity index (χ2v) is 5.57. The molecule has 1 aliphatic rings. The minimum absolute atomic E-state index is 0. The molecule has 2 heterocycles. The molecule has 0 bridgehead atoms. The van der Waals surface area contributed by atoms with Crippen LogP contribution in [0.15, 0.2) is 29.0 Å². The maximum Gasteiger partial charge on any atom is 0.256 e. The summed E-state index contributed by atoms with van der Waals surface area (Å²) in [7, 11) is 0. The van der Waals surface area contributed by atoms with E-state index in [-0.39, 0.29) is 18.3 Å². The molecular formula is C15H17ClN2OS. The van der Waals surface area contributed by atoms with Gasteiger partial charge in [-0.3, -0.25) is 4.79 Å². The zero-order chi connectivity index (χ0) is 13.2. The maximum atomic E-state index is 12.1. The Labute approximate surface area is 128 Å². The minimum atomic E-state index is -0.0255. The molecule has 0 atom stereocenters. The van der Waals surface area contributed by atoms with Crippen LogP contribution < -0.4 is 10.6 Å². The van der Waals surface area contributed by atoms with Gasteiger partial charge in [0, 0.05) is 23.3 Å². The Morgan fingerprint density at radius 2 is 2.20 bits per heavy atom. The molecular weight excluding hydrogens is 292 g/mol. The molecule has 20 heavy (non-hydrogen) atoms. The molecule has 106 valence electrons. The van der Waals surface area contributed by atoms with E-state index < -0.39 is 0 Å². The first-order chi connectivity index (χ1) is 9.24. The summed E-state index contributed by atoms with van der Waals surface area (Å²) in [5.41, 5.74) is 5.14. The van der Waals surface area contributed by atoms with Crippen LogP contribution in [0.5, 0.6) is 0 Å². The summed E-state index contributed by atoms with van der Waals surface area (Å²) < 4.78 is 0. The van der Waals surface area contributed by atoms with E-state index in [1.165, 1.54) is 11.3 Å². The Balaban J connectivity index is 0.00000147. The normalized spacial score (nSPS) is 12.8. The van der Waals surface area contributed by atoms with Crippen LogP contribution in [0, 0.1) is 6.92 Å². The molecule has 0 saturated carbocycles. The van der Waals surface area contributed by atoms with Gasteiger partial charge in [-0.05, 0) is 54.5 Å². The third kappa shape index (κ3) is 2.97. The second-order valence-electron chi connectivity index (χ2n) is 4.82. The summed E-state index contributed by atoms with van der Waals surface area (Å²) in [6.45, 7) is 3.00. The van der Waals surface area contributed by atoms with Crippen LogP contribution in [-0.4, -0.2) is 12.5 Å². The van der Waals surface area contributed by atoms with Gasteiger partial charge in [0.1, 0.15) is 0 Å². The molecule has 2 aromatic rings. The van der Waals surface area contributed by atoms with Crippen LogP contribution in [0.1, 0.15) is 27.9 Å². The SMILES string of the molecule is Cc1cscc1C(=O)Nc1ccc2c(c1)CCCN2.Cl. The minimum Gasteiger partial charge on any atom is -0.385 e. The highest BCUT2D eigenvalue weighted by Gasteiger charge is 2.12. The Morgan fingerprint density at radius 1 is 1.35 bits per heavy atom. The lowest BCUT2D eigenvalue weighted by molar-refractivity contribution is 0.102. The first-order valence-corrected chi connectivity index (χ1v) is 7.39. The van der Waals surface area contributed by atoms with Gasteiger partial charge in [-0.15, -0.1) is 12.4 Å². The fourth-order valence-electron chi connectivity index (χ4n) is 2.34. The lowest BCUT2D eigenvalue weighted by Crippen LogP contribution is -2.14. The van der Waals surface area contributed by atoms with E-state index in [2.05, 4.69) is 16.7 Å². The van der Waals surface area contributed by atoms with E-state index in [9.17, 15) is 4.79 Å². The van der Waals surface area contributed by atoms with Crippen LogP contribution in [0.4, 0.5) is 11.4 Å². The largest absolute Gasteiger partial charge is 0.385 e. The molecule has 5 heteroatoms. The van der Waals surface area contributed by atoms with Crippen LogP contribution in [0.3, 0.4) is 0 Å². The third-order valence-corrected chi connectivity index (χ3v) is 4.26. The van der Waals surface area contributed by atoms with Crippen LogP contribution in [-0.2, 0) is 6.42 Å². The lowest BCUT2D eigenvalue weighted by atomic mass is 10.0. The van der Waals surface area contributed by atoms with Crippen LogP contribution >= 0.6 is 23.7 Å². The second kappa shape index (κ2) is 6.29. The molecule has 0 saturated heterocycles. The molecule has 3 rings (SSSR count). The molecule has 0 spiro atoms. The fraction of sp³-hybridized carbons (Fsp3) is 0.267. The number of amides is 1. The molecule has 2 N–H and O–H groups in total. The molecule has 1 amide bonds. The molecule has 1 aromatic heterocycles. The van der Waals surface area contributed by atoms with Crippen molar-refractivity contribution in [2.75, 3.05) is 17.2 Å². The number of anilines is 2. The lowest BCUT2D eigenvalue weighted by Gasteiger charge is -2.18. The van der Waals surface area contributed by atoms with E-state index in [4.69, 9.17) is 0 Å². The standard InChI is InChI=1S/C15H16N2OS.ClH/c1-10-8-19-9-13(10)15(18)17-12-4-5-14-11(7-12)3-2-6-16-14;/h4-5,7-9,16H,2-3,6H2,1H3,(H,17,18);1H. The van der Waals surface area contributed by atoms with Crippen molar-refractivity contribution in [1.29, 1.82) is 0 Å². The highest BCUT2D eigenvalue weighted by Crippen LogP contribution is 2.25. The fourth-order valence-corrected chi connectivity index (χ4v) is 3.17. The van der Waals surface area contributed by atoms with Gasteiger partial charge in [-0.1, -0.05) is 0 Å². The zero-order valence-electron chi connectivity index (χ0n) is 11.2. The predicted octanol–water partition coefficient (Wildman–Crippen LogP) is 4.09. The Hall–Kier alpha value is -1.52. The van der Waals surface area contributed by atoms with Crippen molar-refractivity contribution >= 4 is 41.0 Å². The predicted molar refractivity (Wildman–Crippen MR) is 87.5 cm³/mol. The molecule has 1 aliphatic heterocycles. The van der Waals surface area contributed by atoms with Gasteiger partial charge in [0.25, 0.3) is 5.91 Å². The Morgan fingerprint density at radius 3 is 2.95 bits per heavy atom. The summed E-state index contributed by atoms with van der Waals surface area (Å²) in [5, 5.41) is 10.2. The van der Waals surface area contributed by atoms with Gasteiger partial charge in [-0.2, -0.15) is 11.3 Å². The first-order valence-electron chi connectivity index (χ1n) is 6.45. The van der Waals surface area contributed by atoms with Gasteiger partial charge < -0.3 is 10.6 Å². The summed E-state index contributed by atoms with van der Waals surface area (Å²) in [6.07, 6.45) is 2.22. The van der Waals surface area contributed by atoms with Crippen molar-refractivity contribution in [3.8, 4) is 0 Å². The number of rotatable bonds is 2. The average molecular weight is 309 g/mol. The number of aryl methyl sites for hydroxylation is 2. The van der Waals surface area contributed by atoms with Gasteiger partial charge in [0.2, 0.25) is 0 Å². The number of carbonyl (C=O) groups excluding carboxylic acids is 1. The van der Waals surface area contributed by atoms with E-state index in [0.29, 0.717) is 0 Å². The zero-order valence-corrected chi connectivity index (χ0v) is 12.9. The topological polar surface area (TPSA) is 41.1 Å². The number of hydrogen-bond donors (Lipinski definition) is 2. The number of halogens is 1. The van der Waals surface area contributed by atoms with E-state index in [1.54, 1.807) is 11.3 Å². The number of carbonyl (C=O) groups is 1. The molecule has 0 fully saturated rings. The van der Waals surface area contributed by atoms with Crippen LogP contribution in [0.2, 0.25) is 0 Å². The monoisotopic (exact) mass is 308 g/mol. The van der Waals surface area contributed by atoms with Crippen molar-refractivity contribution in [2.24, 2.45) is 0 Å². The van der Waals surface area contributed by atoms with Gasteiger partial charge in [0.15, 0.2) is 0 Å². The molecule has 0 radical (unpaired) electrons. The van der Waals surface area contributed by atoms with Gasteiger partial charge in [-0.25, -0.2) is 0 Å². The number of fused-ring (bicyclic) bond motifs is 1. The average Bonchev–Trinajstić information content (AvgIpc) is 2.85. The van der Waals surface area contributed by atoms with E-state index >= 15 is 0 Å². The molecule has 3 nitrogen and oxygen atoms in total. The first kappa shape index (κ1) is 14.9. The van der Waals surface area contributed by atoms with Crippen molar-refractivity contribution in [1.82, 2.24) is 0 Å². The quantitative estimate of drug-likeness (QED) is 0.877. The molecule has 1 aromatic carbocycles.